The maximum Gasteiger partial charge on any atom is 0.165 e. The van der Waals surface area contributed by atoms with Crippen LogP contribution >= 0.6 is 0 Å². The van der Waals surface area contributed by atoms with Crippen LogP contribution in [0.4, 0.5) is 0 Å². The minimum atomic E-state index is -0.0678. The lowest BCUT2D eigenvalue weighted by Gasteiger charge is -2.05. The molecule has 13 heavy (non-hydrogen) atoms. The largest absolute Gasteiger partial charge is 0.504 e. The van der Waals surface area contributed by atoms with E-state index in [0.717, 1.165) is 16.3 Å². The third-order valence-corrected chi connectivity index (χ3v) is 2.21. The molecule has 0 saturated carbocycles. The van der Waals surface area contributed by atoms with Crippen molar-refractivity contribution in [3.05, 3.63) is 35.9 Å². The molecule has 0 aliphatic carbocycles. The van der Waals surface area contributed by atoms with Crippen LogP contribution in [0.15, 0.2) is 30.3 Å². The van der Waals surface area contributed by atoms with E-state index in [-0.39, 0.29) is 11.5 Å². The standard InChI is InChI=1S/C11H10O2/c1-7-3-2-4-8-5-6-9(12)11(13)10(7)8/h2-6,12-13H,1H3. The van der Waals surface area contributed by atoms with E-state index in [0.29, 0.717) is 0 Å². The van der Waals surface area contributed by atoms with Crippen molar-refractivity contribution < 1.29 is 10.2 Å². The van der Waals surface area contributed by atoms with Crippen molar-refractivity contribution >= 4 is 10.8 Å². The number of hydrogen-bond acceptors (Lipinski definition) is 2. The Bertz CT molecular complexity index is 461. The minimum absolute atomic E-state index is 0.0319. The molecule has 0 spiro atoms. The van der Waals surface area contributed by atoms with Crippen LogP contribution in [0.5, 0.6) is 11.5 Å². The molecular formula is C11H10O2. The smallest absolute Gasteiger partial charge is 0.165 e. The second kappa shape index (κ2) is 2.66. The van der Waals surface area contributed by atoms with Gasteiger partial charge >= 0.3 is 0 Å². The monoisotopic (exact) mass is 174 g/mol. The molecule has 2 aromatic carbocycles. The average Bonchev–Trinajstić information content (AvgIpc) is 2.12. The van der Waals surface area contributed by atoms with Crippen LogP contribution in [0.25, 0.3) is 10.8 Å². The molecule has 2 aromatic rings. The fourth-order valence-corrected chi connectivity index (χ4v) is 1.53. The summed E-state index contributed by atoms with van der Waals surface area (Å²) in [5, 5.41) is 20.5. The molecule has 2 nitrogen and oxygen atoms in total. The first kappa shape index (κ1) is 7.92. The molecule has 66 valence electrons. The van der Waals surface area contributed by atoms with Crippen molar-refractivity contribution in [1.82, 2.24) is 0 Å². The van der Waals surface area contributed by atoms with E-state index in [2.05, 4.69) is 0 Å². The van der Waals surface area contributed by atoms with Gasteiger partial charge in [-0.15, -0.1) is 0 Å². The number of aromatic hydroxyl groups is 2. The quantitative estimate of drug-likeness (QED) is 0.602. The maximum absolute atomic E-state index is 9.59. The molecule has 2 heteroatoms. The molecule has 2 rings (SSSR count). The lowest BCUT2D eigenvalue weighted by Crippen LogP contribution is -1.79. The van der Waals surface area contributed by atoms with E-state index < -0.39 is 0 Å². The molecule has 0 heterocycles. The molecule has 0 radical (unpaired) electrons. The van der Waals surface area contributed by atoms with Crippen LogP contribution in [0, 0.1) is 6.92 Å². The van der Waals surface area contributed by atoms with Gasteiger partial charge in [0.25, 0.3) is 0 Å². The topological polar surface area (TPSA) is 40.5 Å². The van der Waals surface area contributed by atoms with Gasteiger partial charge in [-0.3, -0.25) is 0 Å². The minimum Gasteiger partial charge on any atom is -0.504 e. The lowest BCUT2D eigenvalue weighted by atomic mass is 10.0. The predicted octanol–water partition coefficient (Wildman–Crippen LogP) is 2.56. The second-order valence-corrected chi connectivity index (χ2v) is 3.11. The van der Waals surface area contributed by atoms with Crippen LogP contribution < -0.4 is 0 Å². The number of benzene rings is 2. The molecule has 0 aliphatic rings. The molecule has 0 atom stereocenters. The van der Waals surface area contributed by atoms with Gasteiger partial charge in [-0.25, -0.2) is 0 Å². The molecule has 0 unspecified atom stereocenters. The highest BCUT2D eigenvalue weighted by Gasteiger charge is 2.06. The highest BCUT2D eigenvalue weighted by atomic mass is 16.3. The summed E-state index contributed by atoms with van der Waals surface area (Å²) in [6, 6.07) is 9.02. The van der Waals surface area contributed by atoms with Crippen molar-refractivity contribution in [1.29, 1.82) is 0 Å². The second-order valence-electron chi connectivity index (χ2n) is 3.11. The van der Waals surface area contributed by atoms with E-state index >= 15 is 0 Å². The molecular weight excluding hydrogens is 164 g/mol. The SMILES string of the molecule is Cc1cccc2ccc(O)c(O)c12. The summed E-state index contributed by atoms with van der Waals surface area (Å²) < 4.78 is 0. The normalized spacial score (nSPS) is 10.5. The fourth-order valence-electron chi connectivity index (χ4n) is 1.53. The van der Waals surface area contributed by atoms with E-state index in [9.17, 15) is 10.2 Å². The summed E-state index contributed by atoms with van der Waals surface area (Å²) in [6.07, 6.45) is 0. The lowest BCUT2D eigenvalue weighted by molar-refractivity contribution is 0.408. The van der Waals surface area contributed by atoms with E-state index in [1.54, 1.807) is 6.07 Å². The fraction of sp³-hybridized carbons (Fsp3) is 0.0909. The Morgan fingerprint density at radius 1 is 1.00 bits per heavy atom. The zero-order valence-electron chi connectivity index (χ0n) is 7.28. The van der Waals surface area contributed by atoms with E-state index in [1.807, 2.05) is 25.1 Å². The summed E-state index contributed by atoms with van der Waals surface area (Å²) in [6.45, 7) is 1.90. The first-order valence-corrected chi connectivity index (χ1v) is 4.10. The number of phenols is 2. The number of hydrogen-bond donors (Lipinski definition) is 2. The maximum atomic E-state index is 9.59. The van der Waals surface area contributed by atoms with Crippen molar-refractivity contribution in [2.45, 2.75) is 6.92 Å². The van der Waals surface area contributed by atoms with Crippen LogP contribution in [-0.4, -0.2) is 10.2 Å². The van der Waals surface area contributed by atoms with Gasteiger partial charge in [-0.05, 0) is 23.9 Å². The average molecular weight is 174 g/mol. The van der Waals surface area contributed by atoms with Gasteiger partial charge in [-0.2, -0.15) is 0 Å². The molecule has 0 fully saturated rings. The third kappa shape index (κ3) is 1.11. The Balaban J connectivity index is 2.97. The predicted molar refractivity (Wildman–Crippen MR) is 52.0 cm³/mol. The van der Waals surface area contributed by atoms with Crippen molar-refractivity contribution in [3.63, 3.8) is 0 Å². The Labute approximate surface area is 76.1 Å². The molecule has 0 aliphatic heterocycles. The van der Waals surface area contributed by atoms with Gasteiger partial charge in [0.05, 0.1) is 0 Å². The van der Waals surface area contributed by atoms with Gasteiger partial charge in [0.15, 0.2) is 11.5 Å². The van der Waals surface area contributed by atoms with E-state index in [1.165, 1.54) is 6.07 Å². The van der Waals surface area contributed by atoms with Crippen molar-refractivity contribution in [2.24, 2.45) is 0 Å². The zero-order valence-corrected chi connectivity index (χ0v) is 7.28. The Hall–Kier alpha value is -1.70. The van der Waals surface area contributed by atoms with Crippen LogP contribution in [0.2, 0.25) is 0 Å². The first-order valence-electron chi connectivity index (χ1n) is 4.10. The van der Waals surface area contributed by atoms with Gasteiger partial charge in [0.2, 0.25) is 0 Å². The summed E-state index contributed by atoms with van der Waals surface area (Å²) in [4.78, 5) is 0. The number of rotatable bonds is 0. The number of aryl methyl sites for hydroxylation is 1. The Morgan fingerprint density at radius 2 is 1.77 bits per heavy atom. The van der Waals surface area contributed by atoms with Crippen LogP contribution in [0.3, 0.4) is 0 Å². The number of phenolic OH excluding ortho intramolecular Hbond substituents is 2. The molecule has 0 saturated heterocycles. The van der Waals surface area contributed by atoms with Gasteiger partial charge in [0.1, 0.15) is 0 Å². The molecule has 0 bridgehead atoms. The highest BCUT2D eigenvalue weighted by Crippen LogP contribution is 2.35. The van der Waals surface area contributed by atoms with Crippen molar-refractivity contribution in [3.8, 4) is 11.5 Å². The van der Waals surface area contributed by atoms with Gasteiger partial charge < -0.3 is 10.2 Å². The molecule has 2 N–H and O–H groups in total. The third-order valence-electron chi connectivity index (χ3n) is 2.21. The summed E-state index contributed by atoms with van der Waals surface area (Å²) in [5.74, 6) is -0.0996. The first-order chi connectivity index (χ1) is 6.20. The zero-order chi connectivity index (χ0) is 9.42. The van der Waals surface area contributed by atoms with Gasteiger partial charge in [-0.1, -0.05) is 24.3 Å². The summed E-state index contributed by atoms with van der Waals surface area (Å²) >= 11 is 0. The molecule has 0 aromatic heterocycles. The molecule has 0 amide bonds. The van der Waals surface area contributed by atoms with Crippen LogP contribution in [0.1, 0.15) is 5.56 Å². The number of fused-ring (bicyclic) bond motifs is 1. The van der Waals surface area contributed by atoms with Crippen LogP contribution in [-0.2, 0) is 0 Å². The summed E-state index contributed by atoms with van der Waals surface area (Å²) in [5.41, 5.74) is 0.964. The Morgan fingerprint density at radius 3 is 2.54 bits per heavy atom. The highest BCUT2D eigenvalue weighted by molar-refractivity contribution is 5.92. The van der Waals surface area contributed by atoms with E-state index in [4.69, 9.17) is 0 Å². The van der Waals surface area contributed by atoms with Gasteiger partial charge in [0, 0.05) is 5.39 Å². The summed E-state index contributed by atoms with van der Waals surface area (Å²) in [7, 11) is 0. The van der Waals surface area contributed by atoms with Crippen molar-refractivity contribution in [2.75, 3.05) is 0 Å². The Kier molecular flexibility index (Phi) is 1.62.